The Bertz CT molecular complexity index is 604. The van der Waals surface area contributed by atoms with Crippen molar-refractivity contribution < 1.29 is 9.53 Å². The second-order valence-corrected chi connectivity index (χ2v) is 4.13. The van der Waals surface area contributed by atoms with Crippen molar-refractivity contribution in [3.05, 3.63) is 65.7 Å². The Labute approximate surface area is 118 Å². The van der Waals surface area contributed by atoms with Crippen molar-refractivity contribution >= 4 is 17.5 Å². The summed E-state index contributed by atoms with van der Waals surface area (Å²) in [6.07, 6.45) is 0. The number of carbonyl (C=O) groups is 1. The molecule has 2 aromatic rings. The lowest BCUT2D eigenvalue weighted by Crippen LogP contribution is -2.13. The standard InChI is InChI=1S/C16H16N2O2/c1-17-15(12-6-4-3-5-7-12)18-14-10-8-13(9-11-14)16(19)20-2/h3-11H,1-2H3,(H,17,18). The molecule has 0 unspecified atom stereocenters. The third-order valence-electron chi connectivity index (χ3n) is 2.84. The van der Waals surface area contributed by atoms with Gasteiger partial charge in [-0.2, -0.15) is 0 Å². The molecule has 20 heavy (non-hydrogen) atoms. The number of amidine groups is 1. The lowest BCUT2D eigenvalue weighted by Gasteiger charge is -2.10. The van der Waals surface area contributed by atoms with Crippen LogP contribution in [-0.2, 0) is 4.74 Å². The average molecular weight is 268 g/mol. The number of hydrogen-bond donors (Lipinski definition) is 1. The summed E-state index contributed by atoms with van der Waals surface area (Å²) in [5, 5.41) is 3.23. The molecule has 2 rings (SSSR count). The van der Waals surface area contributed by atoms with Gasteiger partial charge in [0.25, 0.3) is 0 Å². The minimum atomic E-state index is -0.344. The zero-order valence-corrected chi connectivity index (χ0v) is 11.5. The molecule has 0 bridgehead atoms. The largest absolute Gasteiger partial charge is 0.465 e. The Balaban J connectivity index is 2.15. The van der Waals surface area contributed by atoms with Crippen molar-refractivity contribution in [2.45, 2.75) is 0 Å². The monoisotopic (exact) mass is 268 g/mol. The number of methoxy groups -OCH3 is 1. The van der Waals surface area contributed by atoms with Gasteiger partial charge in [-0.15, -0.1) is 0 Å². The van der Waals surface area contributed by atoms with Crippen molar-refractivity contribution in [2.75, 3.05) is 19.5 Å². The molecule has 0 heterocycles. The molecule has 0 amide bonds. The van der Waals surface area contributed by atoms with Crippen LogP contribution in [0.2, 0.25) is 0 Å². The van der Waals surface area contributed by atoms with Crippen LogP contribution >= 0.6 is 0 Å². The van der Waals surface area contributed by atoms with Crippen molar-refractivity contribution in [3.8, 4) is 0 Å². The van der Waals surface area contributed by atoms with E-state index in [1.807, 2.05) is 42.5 Å². The van der Waals surface area contributed by atoms with Crippen LogP contribution in [-0.4, -0.2) is 26.0 Å². The Morgan fingerprint density at radius 1 is 1.00 bits per heavy atom. The molecule has 102 valence electrons. The summed E-state index contributed by atoms with van der Waals surface area (Å²) in [6, 6.07) is 16.9. The molecule has 0 radical (unpaired) electrons. The minimum absolute atomic E-state index is 0.344. The number of esters is 1. The van der Waals surface area contributed by atoms with Crippen molar-refractivity contribution in [3.63, 3.8) is 0 Å². The summed E-state index contributed by atoms with van der Waals surface area (Å²) in [6.45, 7) is 0. The van der Waals surface area contributed by atoms with E-state index in [9.17, 15) is 4.79 Å². The summed E-state index contributed by atoms with van der Waals surface area (Å²) in [4.78, 5) is 15.6. The quantitative estimate of drug-likeness (QED) is 0.529. The van der Waals surface area contributed by atoms with Gasteiger partial charge >= 0.3 is 5.97 Å². The maximum Gasteiger partial charge on any atom is 0.337 e. The highest BCUT2D eigenvalue weighted by Crippen LogP contribution is 2.12. The first-order valence-corrected chi connectivity index (χ1v) is 6.22. The van der Waals surface area contributed by atoms with E-state index >= 15 is 0 Å². The van der Waals surface area contributed by atoms with Crippen LogP contribution in [0.5, 0.6) is 0 Å². The van der Waals surface area contributed by atoms with Crippen LogP contribution in [0, 0.1) is 0 Å². The van der Waals surface area contributed by atoms with Gasteiger partial charge in [0.05, 0.1) is 12.7 Å². The lowest BCUT2D eigenvalue weighted by molar-refractivity contribution is 0.0601. The normalized spacial score (nSPS) is 11.0. The SMILES string of the molecule is CN=C(Nc1ccc(C(=O)OC)cc1)c1ccccc1. The van der Waals surface area contributed by atoms with E-state index in [4.69, 9.17) is 0 Å². The molecule has 4 nitrogen and oxygen atoms in total. The fraction of sp³-hybridized carbons (Fsp3) is 0.125. The van der Waals surface area contributed by atoms with E-state index in [0.29, 0.717) is 5.56 Å². The minimum Gasteiger partial charge on any atom is -0.465 e. The van der Waals surface area contributed by atoms with Crippen LogP contribution < -0.4 is 5.32 Å². The Kier molecular flexibility index (Phi) is 4.50. The number of benzene rings is 2. The number of anilines is 1. The lowest BCUT2D eigenvalue weighted by atomic mass is 10.1. The second kappa shape index (κ2) is 6.52. The summed E-state index contributed by atoms with van der Waals surface area (Å²) in [5.41, 5.74) is 2.39. The topological polar surface area (TPSA) is 50.7 Å². The van der Waals surface area contributed by atoms with E-state index in [1.54, 1.807) is 19.2 Å². The zero-order valence-electron chi connectivity index (χ0n) is 11.5. The molecular weight excluding hydrogens is 252 g/mol. The fourth-order valence-electron chi connectivity index (χ4n) is 1.80. The van der Waals surface area contributed by atoms with E-state index in [2.05, 4.69) is 15.0 Å². The van der Waals surface area contributed by atoms with Gasteiger partial charge in [0.2, 0.25) is 0 Å². The molecule has 0 aliphatic rings. The summed E-state index contributed by atoms with van der Waals surface area (Å²) < 4.78 is 4.66. The summed E-state index contributed by atoms with van der Waals surface area (Å²) >= 11 is 0. The third kappa shape index (κ3) is 3.23. The average Bonchev–Trinajstić information content (AvgIpc) is 2.53. The van der Waals surface area contributed by atoms with Gasteiger partial charge in [-0.25, -0.2) is 4.79 Å². The highest BCUT2D eigenvalue weighted by atomic mass is 16.5. The van der Waals surface area contributed by atoms with Crippen molar-refractivity contribution in [1.82, 2.24) is 0 Å². The Hall–Kier alpha value is -2.62. The first-order valence-electron chi connectivity index (χ1n) is 6.22. The van der Waals surface area contributed by atoms with Gasteiger partial charge in [0.15, 0.2) is 0 Å². The predicted octanol–water partition coefficient (Wildman–Crippen LogP) is 2.96. The van der Waals surface area contributed by atoms with E-state index < -0.39 is 0 Å². The third-order valence-corrected chi connectivity index (χ3v) is 2.84. The van der Waals surface area contributed by atoms with Gasteiger partial charge in [-0.3, -0.25) is 4.99 Å². The number of aliphatic imine (C=N–C) groups is 1. The van der Waals surface area contributed by atoms with E-state index in [0.717, 1.165) is 17.1 Å². The highest BCUT2D eigenvalue weighted by Gasteiger charge is 2.06. The number of carbonyl (C=O) groups excluding carboxylic acids is 1. The number of nitrogens with zero attached hydrogens (tertiary/aromatic N) is 1. The summed E-state index contributed by atoms with van der Waals surface area (Å²) in [7, 11) is 3.10. The van der Waals surface area contributed by atoms with Gasteiger partial charge in [-0.1, -0.05) is 30.3 Å². The van der Waals surface area contributed by atoms with E-state index in [-0.39, 0.29) is 5.97 Å². The molecule has 0 saturated heterocycles. The molecule has 0 aromatic heterocycles. The smallest absolute Gasteiger partial charge is 0.337 e. The number of ether oxygens (including phenoxy) is 1. The van der Waals surface area contributed by atoms with Crippen LogP contribution in [0.15, 0.2) is 59.6 Å². The first-order chi connectivity index (χ1) is 9.74. The van der Waals surface area contributed by atoms with Gasteiger partial charge in [-0.05, 0) is 24.3 Å². The van der Waals surface area contributed by atoms with Crippen molar-refractivity contribution in [2.24, 2.45) is 4.99 Å². The molecule has 0 aliphatic carbocycles. The van der Waals surface area contributed by atoms with Crippen LogP contribution in [0.25, 0.3) is 0 Å². The highest BCUT2D eigenvalue weighted by molar-refractivity contribution is 6.08. The van der Waals surface area contributed by atoms with Crippen LogP contribution in [0.3, 0.4) is 0 Å². The predicted molar refractivity (Wildman–Crippen MR) is 80.3 cm³/mol. The van der Waals surface area contributed by atoms with Crippen LogP contribution in [0.4, 0.5) is 5.69 Å². The zero-order chi connectivity index (χ0) is 14.4. The number of nitrogens with one attached hydrogen (secondary N) is 1. The molecule has 0 saturated carbocycles. The Morgan fingerprint density at radius 3 is 2.20 bits per heavy atom. The fourth-order valence-corrected chi connectivity index (χ4v) is 1.80. The van der Waals surface area contributed by atoms with Crippen molar-refractivity contribution in [1.29, 1.82) is 0 Å². The van der Waals surface area contributed by atoms with Gasteiger partial charge < -0.3 is 10.1 Å². The van der Waals surface area contributed by atoms with Gasteiger partial charge in [0.1, 0.15) is 5.84 Å². The maximum atomic E-state index is 11.4. The molecular formula is C16H16N2O2. The first kappa shape index (κ1) is 13.8. The molecule has 4 heteroatoms. The second-order valence-electron chi connectivity index (χ2n) is 4.13. The number of rotatable bonds is 3. The molecule has 1 N–H and O–H groups in total. The van der Waals surface area contributed by atoms with E-state index in [1.165, 1.54) is 7.11 Å². The molecule has 0 spiro atoms. The van der Waals surface area contributed by atoms with Gasteiger partial charge in [0, 0.05) is 18.3 Å². The maximum absolute atomic E-state index is 11.4. The molecule has 2 aromatic carbocycles. The Morgan fingerprint density at radius 2 is 1.65 bits per heavy atom. The molecule has 0 fully saturated rings. The molecule has 0 aliphatic heterocycles. The summed E-state index contributed by atoms with van der Waals surface area (Å²) in [5.74, 6) is 0.431. The molecule has 0 atom stereocenters. The van der Waals surface area contributed by atoms with Crippen LogP contribution in [0.1, 0.15) is 15.9 Å². The number of hydrogen-bond acceptors (Lipinski definition) is 3.